The summed E-state index contributed by atoms with van der Waals surface area (Å²) in [5.41, 5.74) is 9.27. The first-order valence-electron chi connectivity index (χ1n) is 9.19. The van der Waals surface area contributed by atoms with Gasteiger partial charge in [0, 0.05) is 24.3 Å². The fourth-order valence-electron chi connectivity index (χ4n) is 2.77. The van der Waals surface area contributed by atoms with Crippen LogP contribution in [-0.2, 0) is 6.54 Å². The van der Waals surface area contributed by atoms with Gasteiger partial charge in [-0.1, -0.05) is 32.0 Å². The molecule has 7 heteroatoms. The monoisotopic (exact) mass is 490 g/mol. The number of halogens is 1. The molecule has 2 aromatic heterocycles. The molecule has 0 aliphatic carbocycles. The number of pyridine rings is 1. The van der Waals surface area contributed by atoms with Crippen molar-refractivity contribution in [1.82, 2.24) is 14.5 Å². The van der Waals surface area contributed by atoms with Crippen molar-refractivity contribution >= 4 is 35.6 Å². The van der Waals surface area contributed by atoms with Gasteiger partial charge in [-0.25, -0.2) is 15.0 Å². The Morgan fingerprint density at radius 1 is 1.18 bits per heavy atom. The summed E-state index contributed by atoms with van der Waals surface area (Å²) in [7, 11) is 0. The van der Waals surface area contributed by atoms with E-state index in [9.17, 15) is 0 Å². The lowest BCUT2D eigenvalue weighted by atomic mass is 9.99. The first kappa shape index (κ1) is 21.9. The van der Waals surface area contributed by atoms with Crippen LogP contribution < -0.4 is 11.1 Å². The standard InChI is InChI=1S/C21H26N6.HI/c1-4-15(2)18-6-8-19(9-7-18)26-21(22)25-14-17-5-10-20(24-13-17)27-12-11-23-16(27)3;/h5-13,15H,4,14H2,1-3H3,(H3,22,25,26);1H. The van der Waals surface area contributed by atoms with Crippen LogP contribution in [0, 0.1) is 6.92 Å². The number of rotatable bonds is 6. The van der Waals surface area contributed by atoms with Crippen molar-refractivity contribution in [3.05, 3.63) is 71.9 Å². The van der Waals surface area contributed by atoms with Crippen molar-refractivity contribution in [2.75, 3.05) is 5.32 Å². The molecule has 148 valence electrons. The zero-order valence-electron chi connectivity index (χ0n) is 16.5. The van der Waals surface area contributed by atoms with Crippen LogP contribution in [0.3, 0.4) is 0 Å². The smallest absolute Gasteiger partial charge is 0.193 e. The predicted octanol–water partition coefficient (Wildman–Crippen LogP) is 4.63. The molecule has 0 aliphatic heterocycles. The lowest BCUT2D eigenvalue weighted by Crippen LogP contribution is -2.22. The molecule has 0 fully saturated rings. The Morgan fingerprint density at radius 3 is 2.50 bits per heavy atom. The number of aromatic nitrogens is 3. The van der Waals surface area contributed by atoms with E-state index < -0.39 is 0 Å². The molecule has 28 heavy (non-hydrogen) atoms. The SMILES string of the molecule is CCC(C)c1ccc(NC(N)=NCc2ccc(-n3ccnc3C)nc2)cc1.I. The van der Waals surface area contributed by atoms with E-state index in [-0.39, 0.29) is 24.0 Å². The average Bonchev–Trinajstić information content (AvgIpc) is 3.12. The van der Waals surface area contributed by atoms with Gasteiger partial charge in [-0.05, 0) is 48.6 Å². The Kier molecular flexibility index (Phi) is 7.98. The van der Waals surface area contributed by atoms with Gasteiger partial charge >= 0.3 is 0 Å². The highest BCUT2D eigenvalue weighted by molar-refractivity contribution is 14.0. The molecule has 0 saturated heterocycles. The van der Waals surface area contributed by atoms with Gasteiger partial charge < -0.3 is 11.1 Å². The Hall–Kier alpha value is -2.42. The van der Waals surface area contributed by atoms with E-state index in [0.29, 0.717) is 18.4 Å². The summed E-state index contributed by atoms with van der Waals surface area (Å²) < 4.78 is 1.94. The third-order valence-corrected chi connectivity index (χ3v) is 4.68. The van der Waals surface area contributed by atoms with Crippen LogP contribution >= 0.6 is 24.0 Å². The van der Waals surface area contributed by atoms with Crippen LogP contribution in [0.2, 0.25) is 0 Å². The Labute approximate surface area is 183 Å². The number of guanidine groups is 1. The molecule has 3 N–H and O–H groups in total. The number of aliphatic imine (C=N–C) groups is 1. The van der Waals surface area contributed by atoms with Crippen molar-refractivity contribution in [1.29, 1.82) is 0 Å². The normalized spacial score (nSPS) is 12.3. The molecule has 0 bridgehead atoms. The largest absolute Gasteiger partial charge is 0.370 e. The number of imidazole rings is 1. The molecular weight excluding hydrogens is 463 g/mol. The second-order valence-electron chi connectivity index (χ2n) is 6.63. The molecule has 3 rings (SSSR count). The number of nitrogens with one attached hydrogen (secondary N) is 1. The van der Waals surface area contributed by atoms with Crippen LogP contribution in [0.4, 0.5) is 5.69 Å². The van der Waals surface area contributed by atoms with Gasteiger partial charge in [0.1, 0.15) is 11.6 Å². The molecule has 0 radical (unpaired) electrons. The third kappa shape index (κ3) is 5.54. The van der Waals surface area contributed by atoms with Gasteiger partial charge in [-0.3, -0.25) is 4.57 Å². The highest BCUT2D eigenvalue weighted by atomic mass is 127. The van der Waals surface area contributed by atoms with Gasteiger partial charge in [-0.15, -0.1) is 24.0 Å². The summed E-state index contributed by atoms with van der Waals surface area (Å²) in [6.07, 6.45) is 6.59. The second-order valence-corrected chi connectivity index (χ2v) is 6.63. The summed E-state index contributed by atoms with van der Waals surface area (Å²) in [4.78, 5) is 13.1. The van der Waals surface area contributed by atoms with Gasteiger partial charge in [0.05, 0.1) is 6.54 Å². The number of hydrogen-bond donors (Lipinski definition) is 2. The van der Waals surface area contributed by atoms with Crippen molar-refractivity contribution in [2.45, 2.75) is 39.7 Å². The second kappa shape index (κ2) is 10.2. The number of nitrogens with two attached hydrogens (primary N) is 1. The molecule has 3 aromatic rings. The van der Waals surface area contributed by atoms with Gasteiger partial charge in [0.15, 0.2) is 5.96 Å². The summed E-state index contributed by atoms with van der Waals surface area (Å²) in [6.45, 7) is 6.84. The van der Waals surface area contributed by atoms with Crippen LogP contribution in [0.25, 0.3) is 5.82 Å². The predicted molar refractivity (Wildman–Crippen MR) is 126 cm³/mol. The number of nitrogens with zero attached hydrogens (tertiary/aromatic N) is 4. The third-order valence-electron chi connectivity index (χ3n) is 4.68. The van der Waals surface area contributed by atoms with Crippen LogP contribution in [0.1, 0.15) is 43.1 Å². The highest BCUT2D eigenvalue weighted by Crippen LogP contribution is 2.20. The van der Waals surface area contributed by atoms with Crippen molar-refractivity contribution < 1.29 is 0 Å². The number of hydrogen-bond acceptors (Lipinski definition) is 3. The minimum atomic E-state index is 0. The van der Waals surface area contributed by atoms with Crippen molar-refractivity contribution in [3.8, 4) is 5.82 Å². The molecule has 1 atom stereocenters. The minimum absolute atomic E-state index is 0. The molecular formula is C21H27IN6. The lowest BCUT2D eigenvalue weighted by molar-refractivity contribution is 0.734. The van der Waals surface area contributed by atoms with Gasteiger partial charge in [-0.2, -0.15) is 0 Å². The van der Waals surface area contributed by atoms with Crippen molar-refractivity contribution in [3.63, 3.8) is 0 Å². The molecule has 0 spiro atoms. The topological polar surface area (TPSA) is 81.1 Å². The fourth-order valence-corrected chi connectivity index (χ4v) is 2.77. The van der Waals surface area contributed by atoms with E-state index in [2.05, 4.69) is 46.3 Å². The minimum Gasteiger partial charge on any atom is -0.370 e. The van der Waals surface area contributed by atoms with E-state index in [4.69, 9.17) is 5.73 Å². The zero-order chi connectivity index (χ0) is 19.2. The Balaban J connectivity index is 0.00000280. The van der Waals surface area contributed by atoms with E-state index in [1.807, 2.05) is 48.1 Å². The molecule has 6 nitrogen and oxygen atoms in total. The van der Waals surface area contributed by atoms with Crippen LogP contribution in [0.15, 0.2) is 60.0 Å². The first-order chi connectivity index (χ1) is 13.1. The summed E-state index contributed by atoms with van der Waals surface area (Å²) in [5.74, 6) is 2.69. The van der Waals surface area contributed by atoms with Crippen molar-refractivity contribution in [2.24, 2.45) is 10.7 Å². The average molecular weight is 490 g/mol. The quantitative estimate of drug-likeness (QED) is 0.300. The van der Waals surface area contributed by atoms with E-state index in [1.165, 1.54) is 5.56 Å². The molecule has 1 aromatic carbocycles. The van der Waals surface area contributed by atoms with Crippen LogP contribution in [0.5, 0.6) is 0 Å². The number of anilines is 1. The Morgan fingerprint density at radius 2 is 1.93 bits per heavy atom. The fraction of sp³-hybridized carbons (Fsp3) is 0.286. The summed E-state index contributed by atoms with van der Waals surface area (Å²) in [5, 5.41) is 3.13. The zero-order valence-corrected chi connectivity index (χ0v) is 18.8. The number of benzene rings is 1. The van der Waals surface area contributed by atoms with E-state index in [0.717, 1.165) is 29.3 Å². The number of aryl methyl sites for hydroxylation is 1. The van der Waals surface area contributed by atoms with Gasteiger partial charge in [0.2, 0.25) is 0 Å². The highest BCUT2D eigenvalue weighted by Gasteiger charge is 2.04. The first-order valence-corrected chi connectivity index (χ1v) is 9.19. The molecule has 0 aliphatic rings. The maximum absolute atomic E-state index is 6.01. The van der Waals surface area contributed by atoms with E-state index >= 15 is 0 Å². The lowest BCUT2D eigenvalue weighted by Gasteiger charge is -2.11. The molecule has 1 unspecified atom stereocenters. The summed E-state index contributed by atoms with van der Waals surface area (Å²) in [6, 6.07) is 12.3. The summed E-state index contributed by atoms with van der Waals surface area (Å²) >= 11 is 0. The van der Waals surface area contributed by atoms with Gasteiger partial charge in [0.25, 0.3) is 0 Å². The molecule has 2 heterocycles. The molecule has 0 saturated carbocycles. The van der Waals surface area contributed by atoms with E-state index in [1.54, 1.807) is 6.20 Å². The van der Waals surface area contributed by atoms with Crippen LogP contribution in [-0.4, -0.2) is 20.5 Å². The Bertz CT molecular complexity index is 899. The molecule has 0 amide bonds. The maximum atomic E-state index is 6.01. The maximum Gasteiger partial charge on any atom is 0.193 e.